The van der Waals surface area contributed by atoms with Crippen LogP contribution in [0.2, 0.25) is 0 Å². The summed E-state index contributed by atoms with van der Waals surface area (Å²) < 4.78 is 0. The fraction of sp³-hybridized carbons (Fsp3) is 0.810. The molecule has 0 spiro atoms. The second-order valence-corrected chi connectivity index (χ2v) is 9.38. The lowest BCUT2D eigenvalue weighted by atomic mass is 9.45. The highest BCUT2D eigenvalue weighted by Gasteiger charge is 2.64. The van der Waals surface area contributed by atoms with E-state index in [0.29, 0.717) is 25.7 Å². The van der Waals surface area contributed by atoms with Gasteiger partial charge in [-0.1, -0.05) is 25.5 Å². The summed E-state index contributed by atoms with van der Waals surface area (Å²) in [6.07, 6.45) is 8.77. The van der Waals surface area contributed by atoms with Crippen molar-refractivity contribution in [2.24, 2.45) is 34.5 Å². The van der Waals surface area contributed by atoms with E-state index in [0.717, 1.165) is 6.42 Å². The summed E-state index contributed by atoms with van der Waals surface area (Å²) in [5, 5.41) is 42.2. The lowest BCUT2D eigenvalue weighted by molar-refractivity contribution is -0.146. The zero-order valence-corrected chi connectivity index (χ0v) is 15.1. The molecule has 4 aliphatic carbocycles. The molecule has 10 atom stereocenters. The molecule has 0 saturated heterocycles. The molecule has 138 valence electrons. The van der Waals surface area contributed by atoms with E-state index in [1.807, 2.05) is 6.92 Å². The maximum Gasteiger partial charge on any atom is 0.0856 e. The van der Waals surface area contributed by atoms with Gasteiger partial charge in [0, 0.05) is 16.7 Å². The van der Waals surface area contributed by atoms with E-state index in [1.54, 1.807) is 0 Å². The van der Waals surface area contributed by atoms with E-state index in [1.165, 1.54) is 5.57 Å². The first-order chi connectivity index (χ1) is 11.7. The third-order valence-corrected chi connectivity index (χ3v) is 8.33. The third-order valence-electron chi connectivity index (χ3n) is 8.33. The summed E-state index contributed by atoms with van der Waals surface area (Å²) in [4.78, 5) is 0. The van der Waals surface area contributed by atoms with Gasteiger partial charge in [0.25, 0.3) is 0 Å². The second-order valence-electron chi connectivity index (χ2n) is 9.38. The zero-order valence-electron chi connectivity index (χ0n) is 15.1. The van der Waals surface area contributed by atoms with Gasteiger partial charge in [0.2, 0.25) is 0 Å². The van der Waals surface area contributed by atoms with Gasteiger partial charge < -0.3 is 20.4 Å². The van der Waals surface area contributed by atoms with E-state index in [2.05, 4.69) is 18.9 Å². The number of terminal acetylenes is 1. The molecule has 0 aliphatic heterocycles. The first-order valence-electron chi connectivity index (χ1n) is 9.61. The number of fused-ring (bicyclic) bond motifs is 5. The molecule has 0 aromatic carbocycles. The molecule has 0 aromatic rings. The Labute approximate surface area is 150 Å². The maximum atomic E-state index is 11.2. The Morgan fingerprint density at radius 3 is 2.52 bits per heavy atom. The molecular formula is C21H30O4. The minimum absolute atomic E-state index is 0.0247. The lowest BCUT2D eigenvalue weighted by Gasteiger charge is -2.60. The van der Waals surface area contributed by atoms with Crippen LogP contribution >= 0.6 is 0 Å². The molecule has 4 nitrogen and oxygen atoms in total. The summed E-state index contributed by atoms with van der Waals surface area (Å²) in [5.74, 6) is 3.23. The molecule has 0 aromatic heterocycles. The molecule has 0 amide bonds. The highest BCUT2D eigenvalue weighted by Crippen LogP contribution is 2.65. The molecular weight excluding hydrogens is 316 g/mol. The maximum absolute atomic E-state index is 11.2. The molecule has 3 fully saturated rings. The minimum atomic E-state index is -0.775. The quantitative estimate of drug-likeness (QED) is 0.396. The first kappa shape index (κ1) is 17.5. The Morgan fingerprint density at radius 1 is 1.12 bits per heavy atom. The van der Waals surface area contributed by atoms with Crippen LogP contribution in [0.5, 0.6) is 0 Å². The van der Waals surface area contributed by atoms with Crippen LogP contribution in [-0.4, -0.2) is 44.8 Å². The van der Waals surface area contributed by atoms with E-state index in [9.17, 15) is 20.4 Å². The number of aliphatic hydroxyl groups excluding tert-OH is 4. The van der Waals surface area contributed by atoms with Gasteiger partial charge in [-0.2, -0.15) is 0 Å². The number of hydrogen-bond donors (Lipinski definition) is 4. The van der Waals surface area contributed by atoms with Gasteiger partial charge in [-0.15, -0.1) is 12.3 Å². The topological polar surface area (TPSA) is 80.9 Å². The van der Waals surface area contributed by atoms with Crippen molar-refractivity contribution < 1.29 is 20.4 Å². The first-order valence-corrected chi connectivity index (χ1v) is 9.61. The largest absolute Gasteiger partial charge is 0.393 e. The number of allylic oxidation sites excluding steroid dienone is 1. The van der Waals surface area contributed by atoms with Crippen LogP contribution in [0.3, 0.4) is 0 Å². The van der Waals surface area contributed by atoms with Crippen molar-refractivity contribution >= 4 is 0 Å². The van der Waals surface area contributed by atoms with Crippen LogP contribution < -0.4 is 0 Å². The molecule has 4 aliphatic rings. The van der Waals surface area contributed by atoms with Crippen LogP contribution in [0.15, 0.2) is 11.6 Å². The SMILES string of the molecule is C#CC1C[C@H](O)CC2=CC[C@@H]3[C@H]([C@@H](O)C[C@]4(C)[C@@H](O)[C@H](O)C[C@@H]34)[C@]21C. The normalized spacial score (nSPS) is 57.7. The Balaban J connectivity index is 1.79. The minimum Gasteiger partial charge on any atom is -0.393 e. The van der Waals surface area contributed by atoms with Gasteiger partial charge >= 0.3 is 0 Å². The predicted molar refractivity (Wildman–Crippen MR) is 94.2 cm³/mol. The molecule has 0 bridgehead atoms. The molecule has 1 unspecified atom stereocenters. The zero-order chi connectivity index (χ0) is 18.1. The Morgan fingerprint density at radius 2 is 1.84 bits per heavy atom. The molecule has 4 N–H and O–H groups in total. The van der Waals surface area contributed by atoms with E-state index in [4.69, 9.17) is 6.42 Å². The van der Waals surface area contributed by atoms with E-state index >= 15 is 0 Å². The average Bonchev–Trinajstić information content (AvgIpc) is 2.78. The lowest BCUT2D eigenvalue weighted by Crippen LogP contribution is -2.59. The molecule has 4 heteroatoms. The summed E-state index contributed by atoms with van der Waals surface area (Å²) >= 11 is 0. The van der Waals surface area contributed by atoms with Crippen LogP contribution in [0.1, 0.15) is 46.0 Å². The molecule has 0 heterocycles. The van der Waals surface area contributed by atoms with Crippen LogP contribution in [0.4, 0.5) is 0 Å². The van der Waals surface area contributed by atoms with Crippen molar-refractivity contribution in [2.75, 3.05) is 0 Å². The smallest absolute Gasteiger partial charge is 0.0856 e. The number of rotatable bonds is 0. The molecule has 25 heavy (non-hydrogen) atoms. The van der Waals surface area contributed by atoms with Crippen molar-refractivity contribution in [1.29, 1.82) is 0 Å². The van der Waals surface area contributed by atoms with Gasteiger partial charge in [-0.3, -0.25) is 0 Å². The Hall–Kier alpha value is -0.860. The standard InChI is InChI=1S/C21H30O4/c1-4-11-7-13(22)8-12-5-6-14-15-9-16(23)19(25)20(15,2)10-17(24)18(14)21(11,12)3/h1,5,11,13-19,22-25H,6-10H2,2-3H3/t11?,13-,14-,15-,16+,17-,18+,19-,20-,21-/m0/s1. The van der Waals surface area contributed by atoms with Crippen molar-refractivity contribution in [3.05, 3.63) is 11.6 Å². The van der Waals surface area contributed by atoms with Gasteiger partial charge in [-0.05, 0) is 49.9 Å². The molecule has 0 radical (unpaired) electrons. The highest BCUT2D eigenvalue weighted by molar-refractivity contribution is 5.31. The summed E-state index contributed by atoms with van der Waals surface area (Å²) in [6, 6.07) is 0. The summed E-state index contributed by atoms with van der Waals surface area (Å²) in [6.45, 7) is 4.18. The van der Waals surface area contributed by atoms with Crippen molar-refractivity contribution in [1.82, 2.24) is 0 Å². The van der Waals surface area contributed by atoms with Gasteiger partial charge in [-0.25, -0.2) is 0 Å². The number of hydrogen-bond acceptors (Lipinski definition) is 4. The molecule has 3 saturated carbocycles. The summed E-state index contributed by atoms with van der Waals surface area (Å²) in [5.41, 5.74) is 0.440. The fourth-order valence-electron chi connectivity index (χ4n) is 7.09. The van der Waals surface area contributed by atoms with Crippen LogP contribution in [0, 0.1) is 46.8 Å². The Kier molecular flexibility index (Phi) is 3.91. The van der Waals surface area contributed by atoms with Gasteiger partial charge in [0.15, 0.2) is 0 Å². The predicted octanol–water partition coefficient (Wildman–Crippen LogP) is 1.47. The van der Waals surface area contributed by atoms with E-state index < -0.39 is 29.8 Å². The second kappa shape index (κ2) is 5.57. The van der Waals surface area contributed by atoms with Crippen LogP contribution in [-0.2, 0) is 0 Å². The van der Waals surface area contributed by atoms with Crippen molar-refractivity contribution in [2.45, 2.75) is 70.4 Å². The Bertz CT molecular complexity index is 636. The van der Waals surface area contributed by atoms with Crippen molar-refractivity contribution in [3.63, 3.8) is 0 Å². The highest BCUT2D eigenvalue weighted by atomic mass is 16.3. The fourth-order valence-corrected chi connectivity index (χ4v) is 7.09. The van der Waals surface area contributed by atoms with E-state index in [-0.39, 0.29) is 29.1 Å². The van der Waals surface area contributed by atoms with Gasteiger partial charge in [0.1, 0.15) is 0 Å². The monoisotopic (exact) mass is 346 g/mol. The summed E-state index contributed by atoms with van der Waals surface area (Å²) in [7, 11) is 0. The van der Waals surface area contributed by atoms with Crippen molar-refractivity contribution in [3.8, 4) is 12.3 Å². The van der Waals surface area contributed by atoms with Crippen LogP contribution in [0.25, 0.3) is 0 Å². The third kappa shape index (κ3) is 2.16. The average molecular weight is 346 g/mol. The molecule has 4 rings (SSSR count). The number of aliphatic hydroxyl groups is 4. The van der Waals surface area contributed by atoms with Gasteiger partial charge in [0.05, 0.1) is 24.4 Å².